The molecule has 0 unspecified atom stereocenters. The van der Waals surface area contributed by atoms with Gasteiger partial charge in [-0.15, -0.1) is 0 Å². The third kappa shape index (κ3) is 7.79. The van der Waals surface area contributed by atoms with Gasteiger partial charge in [-0.3, -0.25) is 9.12 Å². The normalized spacial score (nSPS) is 11.1. The summed E-state index contributed by atoms with van der Waals surface area (Å²) in [5.74, 6) is -0.178. The minimum atomic E-state index is -3.87. The van der Waals surface area contributed by atoms with E-state index in [1.807, 2.05) is 66.7 Å². The molecule has 36 heavy (non-hydrogen) atoms. The van der Waals surface area contributed by atoms with Crippen molar-refractivity contribution in [3.05, 3.63) is 91.0 Å². The summed E-state index contributed by atoms with van der Waals surface area (Å²) in [6, 6.07) is 31.0. The fourth-order valence-corrected chi connectivity index (χ4v) is 4.62. The molecule has 0 radical (unpaired) electrons. The first kappa shape index (κ1) is 28.2. The van der Waals surface area contributed by atoms with Crippen molar-refractivity contribution in [3.63, 3.8) is 0 Å². The number of aromatic nitrogens is 2. The van der Waals surface area contributed by atoms with E-state index in [9.17, 15) is 8.42 Å². The minimum absolute atomic E-state index is 0. The van der Waals surface area contributed by atoms with E-state index in [-0.39, 0.29) is 36.7 Å². The van der Waals surface area contributed by atoms with Gasteiger partial charge in [-0.25, -0.2) is 0 Å². The van der Waals surface area contributed by atoms with Crippen molar-refractivity contribution in [1.82, 2.24) is 9.55 Å². The van der Waals surface area contributed by atoms with Crippen LogP contribution in [0.5, 0.6) is 6.01 Å². The van der Waals surface area contributed by atoms with Gasteiger partial charge in [0, 0.05) is 11.1 Å². The number of rotatable bonds is 12. The summed E-state index contributed by atoms with van der Waals surface area (Å²) in [7, 11) is -3.87. The van der Waals surface area contributed by atoms with E-state index in [4.69, 9.17) is 14.3 Å². The quantitative estimate of drug-likeness (QED) is 0.178. The van der Waals surface area contributed by atoms with Gasteiger partial charge in [0.2, 0.25) is 0 Å². The van der Waals surface area contributed by atoms with E-state index in [1.54, 1.807) is 0 Å². The molecule has 0 atom stereocenters. The Morgan fingerprint density at radius 3 is 1.89 bits per heavy atom. The first-order valence-corrected chi connectivity index (χ1v) is 13.5. The van der Waals surface area contributed by atoms with Crippen molar-refractivity contribution in [2.45, 2.75) is 32.1 Å². The molecule has 184 valence electrons. The zero-order chi connectivity index (χ0) is 24.5. The van der Waals surface area contributed by atoms with Crippen LogP contribution in [0.2, 0.25) is 0 Å². The molecule has 0 fully saturated rings. The van der Waals surface area contributed by atoms with Crippen LogP contribution in [0.1, 0.15) is 33.5 Å². The predicted molar refractivity (Wildman–Crippen MR) is 141 cm³/mol. The van der Waals surface area contributed by atoms with Crippen LogP contribution in [-0.2, 0) is 10.1 Å². The van der Waals surface area contributed by atoms with E-state index in [2.05, 4.69) is 28.8 Å². The first-order chi connectivity index (χ1) is 17.0. The molecule has 1 heterocycles. The van der Waals surface area contributed by atoms with Gasteiger partial charge >= 0.3 is 35.6 Å². The molecule has 1 aromatic heterocycles. The summed E-state index contributed by atoms with van der Waals surface area (Å²) < 4.78 is 38.8. The van der Waals surface area contributed by atoms with E-state index < -0.39 is 10.1 Å². The molecule has 1 N–H and O–H groups in total. The maximum absolute atomic E-state index is 10.8. The summed E-state index contributed by atoms with van der Waals surface area (Å²) in [4.78, 5) is 4.95. The van der Waals surface area contributed by atoms with Gasteiger partial charge in [-0.05, 0) is 25.0 Å². The monoisotopic (exact) mass is 514 g/mol. The Labute approximate surface area is 236 Å². The van der Waals surface area contributed by atoms with Crippen LogP contribution in [0.25, 0.3) is 28.2 Å². The SMILES string of the molecule is O=S(=O)(O)CCCCCCCOc1nc(-c2ccccc2)c(-c2ccccc2)n1-c1ccccc1.[H-].[Na+]. The summed E-state index contributed by atoms with van der Waals surface area (Å²) in [6.07, 6.45) is 3.85. The molecule has 0 saturated carbocycles. The zero-order valence-electron chi connectivity index (χ0n) is 21.6. The van der Waals surface area contributed by atoms with Crippen LogP contribution < -0.4 is 34.3 Å². The third-order valence-electron chi connectivity index (χ3n) is 5.73. The van der Waals surface area contributed by atoms with Gasteiger partial charge in [0.15, 0.2) is 0 Å². The zero-order valence-corrected chi connectivity index (χ0v) is 23.4. The average Bonchev–Trinajstić information content (AvgIpc) is 3.26. The molecule has 0 amide bonds. The summed E-state index contributed by atoms with van der Waals surface area (Å²) in [6.45, 7) is 0.505. The molecule has 0 aliphatic carbocycles. The standard InChI is InChI=1S/C28H30N2O4S.Na.H/c31-35(32,33)22-14-3-1-2-13-21-34-28-29-26(23-15-7-4-8-16-23)27(24-17-9-5-10-18-24)30(28)25-19-11-6-12-20-25;;/h4-12,15-20H,1-3,13-14,21-22H2,(H,31,32,33);;/q;+1;-1. The van der Waals surface area contributed by atoms with Gasteiger partial charge in [-0.1, -0.05) is 98.1 Å². The molecule has 4 rings (SSSR count). The number of para-hydroxylation sites is 1. The Kier molecular flexibility index (Phi) is 10.8. The number of hydrogen-bond donors (Lipinski definition) is 1. The molecule has 0 bridgehead atoms. The fourth-order valence-electron chi connectivity index (χ4n) is 4.05. The van der Waals surface area contributed by atoms with E-state index >= 15 is 0 Å². The number of hydrogen-bond acceptors (Lipinski definition) is 4. The Morgan fingerprint density at radius 2 is 1.28 bits per heavy atom. The van der Waals surface area contributed by atoms with Crippen LogP contribution in [0.4, 0.5) is 0 Å². The molecule has 0 aliphatic heterocycles. The molecule has 4 aromatic rings. The van der Waals surface area contributed by atoms with Crippen molar-refractivity contribution in [2.75, 3.05) is 12.4 Å². The predicted octanol–water partition coefficient (Wildman–Crippen LogP) is 3.54. The Balaban J connectivity index is 0.00000241. The smallest absolute Gasteiger partial charge is 1.00 e. The molecular weight excluding hydrogens is 483 g/mol. The second kappa shape index (κ2) is 13.8. The van der Waals surface area contributed by atoms with Crippen molar-refractivity contribution in [3.8, 4) is 34.2 Å². The van der Waals surface area contributed by atoms with E-state index in [0.29, 0.717) is 19.0 Å². The number of imidazole rings is 1. The number of benzene rings is 3. The second-order valence-corrected chi connectivity index (χ2v) is 9.97. The molecule has 6 nitrogen and oxygen atoms in total. The van der Waals surface area contributed by atoms with Crippen molar-refractivity contribution >= 4 is 10.1 Å². The Morgan fingerprint density at radius 1 is 0.750 bits per heavy atom. The largest absolute Gasteiger partial charge is 1.00 e. The second-order valence-electron chi connectivity index (χ2n) is 8.40. The molecule has 3 aromatic carbocycles. The van der Waals surface area contributed by atoms with E-state index in [0.717, 1.165) is 53.9 Å². The van der Waals surface area contributed by atoms with Crippen molar-refractivity contribution < 1.29 is 48.7 Å². The number of ether oxygens (including phenoxy) is 1. The molecule has 0 aliphatic rings. The van der Waals surface area contributed by atoms with Crippen molar-refractivity contribution in [2.24, 2.45) is 0 Å². The Bertz CT molecular complexity index is 1320. The van der Waals surface area contributed by atoms with Crippen LogP contribution in [0, 0.1) is 0 Å². The summed E-state index contributed by atoms with van der Waals surface area (Å²) >= 11 is 0. The van der Waals surface area contributed by atoms with Gasteiger partial charge in [-0.2, -0.15) is 13.4 Å². The molecule has 8 heteroatoms. The molecular formula is C28H31N2NaO4S. The third-order valence-corrected chi connectivity index (χ3v) is 6.54. The topological polar surface area (TPSA) is 81.4 Å². The maximum atomic E-state index is 10.8. The molecule has 0 saturated heterocycles. The van der Waals surface area contributed by atoms with Gasteiger partial charge in [0.1, 0.15) is 5.69 Å². The Hall–Kier alpha value is -2.42. The molecule has 0 spiro atoms. The van der Waals surface area contributed by atoms with Crippen LogP contribution in [-0.4, -0.2) is 34.9 Å². The minimum Gasteiger partial charge on any atom is -1.00 e. The average molecular weight is 515 g/mol. The van der Waals surface area contributed by atoms with E-state index in [1.165, 1.54) is 0 Å². The number of nitrogens with zero attached hydrogens (tertiary/aromatic N) is 2. The fraction of sp³-hybridized carbons (Fsp3) is 0.250. The van der Waals surface area contributed by atoms with Gasteiger partial charge in [0.05, 0.1) is 23.7 Å². The van der Waals surface area contributed by atoms with Crippen molar-refractivity contribution in [1.29, 1.82) is 0 Å². The van der Waals surface area contributed by atoms with Gasteiger partial charge in [0.25, 0.3) is 10.1 Å². The van der Waals surface area contributed by atoms with Gasteiger partial charge < -0.3 is 6.16 Å². The number of unbranched alkanes of at least 4 members (excludes halogenated alkanes) is 4. The summed E-state index contributed by atoms with van der Waals surface area (Å²) in [5, 5.41) is 0. The maximum Gasteiger partial charge on any atom is 1.00 e. The summed E-state index contributed by atoms with van der Waals surface area (Å²) in [5.41, 5.74) is 4.88. The first-order valence-electron chi connectivity index (χ1n) is 11.9. The van der Waals surface area contributed by atoms with Crippen LogP contribution >= 0.6 is 0 Å². The van der Waals surface area contributed by atoms with Crippen LogP contribution in [0.15, 0.2) is 91.0 Å². The van der Waals surface area contributed by atoms with Crippen LogP contribution in [0.3, 0.4) is 0 Å².